The fourth-order valence-electron chi connectivity index (χ4n) is 2.12. The molecule has 3 N–H and O–H groups in total. The number of thiazole rings is 1. The van der Waals surface area contributed by atoms with Gasteiger partial charge in [0.05, 0.1) is 28.5 Å². The molecule has 0 aliphatic heterocycles. The van der Waals surface area contributed by atoms with Crippen molar-refractivity contribution in [2.75, 3.05) is 5.73 Å². The lowest BCUT2D eigenvalue weighted by molar-refractivity contribution is 0.394. The van der Waals surface area contributed by atoms with Crippen LogP contribution in [0.15, 0.2) is 30.5 Å². The van der Waals surface area contributed by atoms with E-state index in [0.717, 1.165) is 15.2 Å². The Morgan fingerprint density at radius 2 is 2.09 bits per heavy atom. The minimum absolute atomic E-state index is 0.206. The zero-order chi connectivity index (χ0) is 16.4. The van der Waals surface area contributed by atoms with Gasteiger partial charge in [0.25, 0.3) is 0 Å². The zero-order valence-corrected chi connectivity index (χ0v) is 13.7. The Hall–Kier alpha value is -2.56. The van der Waals surface area contributed by atoms with Gasteiger partial charge in [-0.2, -0.15) is 5.26 Å². The third-order valence-electron chi connectivity index (χ3n) is 3.51. The number of benzene rings is 1. The van der Waals surface area contributed by atoms with Crippen LogP contribution in [-0.4, -0.2) is 15.0 Å². The molecule has 0 atom stereocenters. The molecule has 0 unspecified atom stereocenters. The molecule has 3 aromatic rings. The molecule has 0 spiro atoms. The van der Waals surface area contributed by atoms with Gasteiger partial charge in [0.1, 0.15) is 28.3 Å². The molecule has 0 radical (unpaired) electrons. The maximum atomic E-state index is 8.85. The van der Waals surface area contributed by atoms with Crippen molar-refractivity contribution in [2.24, 2.45) is 0 Å². The fourth-order valence-corrected chi connectivity index (χ4v) is 3.16. The van der Waals surface area contributed by atoms with Crippen molar-refractivity contribution in [1.29, 1.82) is 5.26 Å². The second-order valence-corrected chi connectivity index (χ2v) is 6.69. The van der Waals surface area contributed by atoms with Crippen LogP contribution in [0.25, 0.3) is 10.2 Å². The van der Waals surface area contributed by atoms with Gasteiger partial charge in [-0.3, -0.25) is 5.32 Å². The molecule has 2 heterocycles. The number of rotatable bonds is 4. The van der Waals surface area contributed by atoms with E-state index >= 15 is 0 Å². The first-order valence-corrected chi connectivity index (χ1v) is 7.94. The van der Waals surface area contributed by atoms with Gasteiger partial charge in [-0.25, -0.2) is 15.0 Å². The van der Waals surface area contributed by atoms with Gasteiger partial charge in [-0.15, -0.1) is 11.3 Å². The molecular weight excluding hydrogens is 308 g/mol. The number of hydrogen-bond acceptors (Lipinski definition) is 7. The zero-order valence-electron chi connectivity index (χ0n) is 12.9. The average molecular weight is 324 g/mol. The van der Waals surface area contributed by atoms with Gasteiger partial charge in [0, 0.05) is 0 Å². The van der Waals surface area contributed by atoms with E-state index in [1.807, 2.05) is 24.3 Å². The molecule has 23 heavy (non-hydrogen) atoms. The first-order valence-electron chi connectivity index (χ1n) is 7.12. The van der Waals surface area contributed by atoms with Gasteiger partial charge >= 0.3 is 0 Å². The standard InChI is InChI=1S/C16H16N6S/c1-16(2,15-21-11-5-3-4-6-12(11)23-15)20-9-13-19-8-10(7-17)14(18)22-13/h3-6,8,20H,9H2,1-2H3,(H2,18,19,22). The molecule has 2 aromatic heterocycles. The van der Waals surface area contributed by atoms with Crippen molar-refractivity contribution in [3.05, 3.63) is 46.9 Å². The van der Waals surface area contributed by atoms with Crippen LogP contribution in [0.5, 0.6) is 0 Å². The average Bonchev–Trinajstić information content (AvgIpc) is 2.98. The third kappa shape index (κ3) is 3.13. The van der Waals surface area contributed by atoms with E-state index in [-0.39, 0.29) is 11.4 Å². The Balaban J connectivity index is 1.78. The largest absolute Gasteiger partial charge is 0.382 e. The number of nitrogens with two attached hydrogens (primary N) is 1. The van der Waals surface area contributed by atoms with Crippen LogP contribution in [0.3, 0.4) is 0 Å². The molecule has 0 saturated carbocycles. The molecule has 116 valence electrons. The quantitative estimate of drug-likeness (QED) is 0.765. The Morgan fingerprint density at radius 3 is 2.78 bits per heavy atom. The third-order valence-corrected chi connectivity index (χ3v) is 4.87. The number of fused-ring (bicyclic) bond motifs is 1. The van der Waals surface area contributed by atoms with Crippen LogP contribution < -0.4 is 11.1 Å². The van der Waals surface area contributed by atoms with Crippen molar-refractivity contribution in [1.82, 2.24) is 20.3 Å². The first-order chi connectivity index (χ1) is 11.0. The summed E-state index contributed by atoms with van der Waals surface area (Å²) < 4.78 is 1.16. The summed E-state index contributed by atoms with van der Waals surface area (Å²) in [4.78, 5) is 13.0. The van der Waals surface area contributed by atoms with Gasteiger partial charge < -0.3 is 5.73 Å². The van der Waals surface area contributed by atoms with Gasteiger partial charge in [0.2, 0.25) is 0 Å². The molecule has 0 aliphatic rings. The van der Waals surface area contributed by atoms with Crippen molar-refractivity contribution in [3.63, 3.8) is 0 Å². The summed E-state index contributed by atoms with van der Waals surface area (Å²) in [5.41, 5.74) is 6.69. The molecule has 3 rings (SSSR count). The minimum Gasteiger partial charge on any atom is -0.382 e. The summed E-state index contributed by atoms with van der Waals surface area (Å²) >= 11 is 1.67. The molecule has 1 aromatic carbocycles. The van der Waals surface area contributed by atoms with Crippen LogP contribution in [0, 0.1) is 11.3 Å². The highest BCUT2D eigenvalue weighted by Crippen LogP contribution is 2.29. The van der Waals surface area contributed by atoms with Crippen molar-refractivity contribution < 1.29 is 0 Å². The maximum absolute atomic E-state index is 8.85. The highest BCUT2D eigenvalue weighted by molar-refractivity contribution is 7.18. The molecule has 0 fully saturated rings. The molecule has 0 aliphatic carbocycles. The summed E-state index contributed by atoms with van der Waals surface area (Å²) in [5, 5.41) is 13.3. The molecule has 7 heteroatoms. The number of nitrogens with zero attached hydrogens (tertiary/aromatic N) is 4. The number of hydrogen-bond donors (Lipinski definition) is 2. The Bertz CT molecular complexity index is 860. The number of aromatic nitrogens is 3. The van der Waals surface area contributed by atoms with E-state index in [1.54, 1.807) is 11.3 Å². The Labute approximate surface area is 138 Å². The van der Waals surface area contributed by atoms with E-state index in [0.29, 0.717) is 17.9 Å². The van der Waals surface area contributed by atoms with Crippen molar-refractivity contribution >= 4 is 27.4 Å². The summed E-state index contributed by atoms with van der Waals surface area (Å²) in [6.07, 6.45) is 1.45. The van der Waals surface area contributed by atoms with Gasteiger partial charge in [0.15, 0.2) is 0 Å². The lowest BCUT2D eigenvalue weighted by atomic mass is 10.1. The van der Waals surface area contributed by atoms with E-state index in [4.69, 9.17) is 11.0 Å². The topological polar surface area (TPSA) is 101 Å². The predicted octanol–water partition coefficient (Wildman–Crippen LogP) is 2.57. The van der Waals surface area contributed by atoms with Gasteiger partial charge in [-0.05, 0) is 26.0 Å². The molecular formula is C16H16N6S. The minimum atomic E-state index is -0.324. The van der Waals surface area contributed by atoms with Crippen molar-refractivity contribution in [2.45, 2.75) is 25.9 Å². The molecule has 6 nitrogen and oxygen atoms in total. The first kappa shape index (κ1) is 15.3. The smallest absolute Gasteiger partial charge is 0.145 e. The summed E-state index contributed by atoms with van der Waals surface area (Å²) in [7, 11) is 0. The number of nitrogen functional groups attached to an aromatic ring is 1. The Morgan fingerprint density at radius 1 is 1.30 bits per heavy atom. The summed E-state index contributed by atoms with van der Waals surface area (Å²) in [6, 6.07) is 10.0. The number of anilines is 1. The lowest BCUT2D eigenvalue weighted by Crippen LogP contribution is -2.36. The van der Waals surface area contributed by atoms with E-state index in [2.05, 4.69) is 40.2 Å². The van der Waals surface area contributed by atoms with E-state index in [1.165, 1.54) is 6.20 Å². The van der Waals surface area contributed by atoms with Crippen LogP contribution >= 0.6 is 11.3 Å². The maximum Gasteiger partial charge on any atom is 0.145 e. The van der Waals surface area contributed by atoms with Gasteiger partial charge in [-0.1, -0.05) is 12.1 Å². The lowest BCUT2D eigenvalue weighted by Gasteiger charge is -2.23. The fraction of sp³-hybridized carbons (Fsp3) is 0.250. The van der Waals surface area contributed by atoms with Crippen molar-refractivity contribution in [3.8, 4) is 6.07 Å². The predicted molar refractivity (Wildman–Crippen MR) is 90.6 cm³/mol. The van der Waals surface area contributed by atoms with Crippen LogP contribution in [0.2, 0.25) is 0 Å². The molecule has 0 amide bonds. The molecule has 0 saturated heterocycles. The van der Waals surface area contributed by atoms with Crippen LogP contribution in [0.1, 0.15) is 30.2 Å². The normalized spacial score (nSPS) is 11.5. The number of nitrogens with one attached hydrogen (secondary N) is 1. The molecule has 0 bridgehead atoms. The monoisotopic (exact) mass is 324 g/mol. The highest BCUT2D eigenvalue weighted by atomic mass is 32.1. The highest BCUT2D eigenvalue weighted by Gasteiger charge is 2.24. The van der Waals surface area contributed by atoms with E-state index in [9.17, 15) is 0 Å². The SMILES string of the molecule is CC(C)(NCc1ncc(C#N)c(N)n1)c1nc2ccccc2s1. The number of nitriles is 1. The second-order valence-electron chi connectivity index (χ2n) is 5.66. The number of para-hydroxylation sites is 1. The Kier molecular flexibility index (Phi) is 3.94. The summed E-state index contributed by atoms with van der Waals surface area (Å²) in [5.74, 6) is 0.757. The second kappa shape index (κ2) is 5.91. The summed E-state index contributed by atoms with van der Waals surface area (Å²) in [6.45, 7) is 4.58. The van der Waals surface area contributed by atoms with E-state index < -0.39 is 0 Å². The van der Waals surface area contributed by atoms with Crippen LogP contribution in [-0.2, 0) is 12.1 Å². The van der Waals surface area contributed by atoms with Crippen LogP contribution in [0.4, 0.5) is 5.82 Å².